The Labute approximate surface area is 160 Å². The number of benzene rings is 2. The zero-order chi connectivity index (χ0) is 19.0. The zero-order valence-electron chi connectivity index (χ0n) is 15.4. The first kappa shape index (κ1) is 20.4. The number of esters is 1. The highest BCUT2D eigenvalue weighted by Gasteiger charge is 2.46. The molecule has 0 aromatic heterocycles. The van der Waals surface area contributed by atoms with E-state index in [1.165, 1.54) is 7.11 Å². The van der Waals surface area contributed by atoms with Crippen LogP contribution in [0.2, 0.25) is 5.02 Å². The molecule has 2 aromatic rings. The molecule has 26 heavy (non-hydrogen) atoms. The van der Waals surface area contributed by atoms with Crippen LogP contribution in [0.3, 0.4) is 0 Å². The van der Waals surface area contributed by atoms with Gasteiger partial charge in [0.1, 0.15) is 5.41 Å². The van der Waals surface area contributed by atoms with Gasteiger partial charge >= 0.3 is 5.97 Å². The van der Waals surface area contributed by atoms with Crippen LogP contribution in [0.1, 0.15) is 31.4 Å². The average molecular weight is 377 g/mol. The van der Waals surface area contributed by atoms with Gasteiger partial charge in [-0.2, -0.15) is 0 Å². The van der Waals surface area contributed by atoms with E-state index in [2.05, 4.69) is 0 Å². The predicted octanol–water partition coefficient (Wildman–Crippen LogP) is 4.59. The molecule has 0 radical (unpaired) electrons. The molecule has 0 heterocycles. The Hall–Kier alpha value is -1.88. The number of hydrogen-bond acceptors (Lipinski definition) is 4. The van der Waals surface area contributed by atoms with Gasteiger partial charge in [-0.15, -0.1) is 0 Å². The monoisotopic (exact) mass is 376 g/mol. The van der Waals surface area contributed by atoms with E-state index in [1.54, 1.807) is 6.07 Å². The summed E-state index contributed by atoms with van der Waals surface area (Å²) in [6.45, 7) is 4.73. The largest absolute Gasteiger partial charge is 0.468 e. The Kier molecular flexibility index (Phi) is 7.64. The van der Waals surface area contributed by atoms with Gasteiger partial charge in [0.15, 0.2) is 6.29 Å². The minimum Gasteiger partial charge on any atom is -0.468 e. The Morgan fingerprint density at radius 2 is 1.58 bits per heavy atom. The lowest BCUT2D eigenvalue weighted by Gasteiger charge is -2.35. The molecule has 0 saturated heterocycles. The van der Waals surface area contributed by atoms with Crippen molar-refractivity contribution in [1.82, 2.24) is 0 Å². The number of ether oxygens (including phenoxy) is 3. The molecule has 0 aliphatic heterocycles. The minimum absolute atomic E-state index is 0.259. The Morgan fingerprint density at radius 1 is 1.00 bits per heavy atom. The van der Waals surface area contributed by atoms with Gasteiger partial charge in [-0.3, -0.25) is 4.79 Å². The molecule has 0 saturated carbocycles. The van der Waals surface area contributed by atoms with Crippen LogP contribution in [0.5, 0.6) is 0 Å². The van der Waals surface area contributed by atoms with Gasteiger partial charge in [-0.25, -0.2) is 0 Å². The summed E-state index contributed by atoms with van der Waals surface area (Å²) in [7, 11) is 1.38. The lowest BCUT2D eigenvalue weighted by atomic mass is 9.71. The van der Waals surface area contributed by atoms with Crippen molar-refractivity contribution in [3.05, 3.63) is 70.7 Å². The highest BCUT2D eigenvalue weighted by molar-refractivity contribution is 6.31. The quantitative estimate of drug-likeness (QED) is 0.474. The third-order valence-corrected chi connectivity index (χ3v) is 4.64. The molecule has 2 aromatic carbocycles. The van der Waals surface area contributed by atoms with Gasteiger partial charge in [0, 0.05) is 24.7 Å². The van der Waals surface area contributed by atoms with Crippen molar-refractivity contribution in [1.29, 1.82) is 0 Å². The van der Waals surface area contributed by atoms with E-state index < -0.39 is 17.7 Å². The predicted molar refractivity (Wildman–Crippen MR) is 102 cm³/mol. The number of halogens is 1. The molecule has 0 spiro atoms. The van der Waals surface area contributed by atoms with E-state index in [9.17, 15) is 4.79 Å². The second-order valence-electron chi connectivity index (χ2n) is 5.79. The SMILES string of the molecule is CCOC(CC(C(=O)OC)(c1ccccc1)c1ccccc1Cl)OCC. The van der Waals surface area contributed by atoms with Crippen LogP contribution in [-0.4, -0.2) is 32.6 Å². The maximum absolute atomic E-state index is 13.1. The van der Waals surface area contributed by atoms with Gasteiger partial charge in [0.05, 0.1) is 7.11 Å². The summed E-state index contributed by atoms with van der Waals surface area (Å²) in [5.74, 6) is -0.402. The molecule has 0 bridgehead atoms. The van der Waals surface area contributed by atoms with E-state index >= 15 is 0 Å². The van der Waals surface area contributed by atoms with Crippen LogP contribution in [-0.2, 0) is 24.4 Å². The van der Waals surface area contributed by atoms with E-state index in [4.69, 9.17) is 25.8 Å². The summed E-state index contributed by atoms with van der Waals surface area (Å²) < 4.78 is 16.7. The summed E-state index contributed by atoms with van der Waals surface area (Å²) in [6, 6.07) is 16.8. The van der Waals surface area contributed by atoms with Gasteiger partial charge in [0.25, 0.3) is 0 Å². The number of rotatable bonds is 9. The van der Waals surface area contributed by atoms with Crippen LogP contribution in [0.4, 0.5) is 0 Å². The third kappa shape index (κ3) is 4.26. The second-order valence-corrected chi connectivity index (χ2v) is 6.19. The third-order valence-electron chi connectivity index (χ3n) is 4.31. The van der Waals surface area contributed by atoms with Crippen molar-refractivity contribution in [2.75, 3.05) is 20.3 Å². The van der Waals surface area contributed by atoms with Crippen molar-refractivity contribution in [2.45, 2.75) is 32.0 Å². The summed E-state index contributed by atoms with van der Waals surface area (Å²) in [4.78, 5) is 13.1. The van der Waals surface area contributed by atoms with E-state index in [1.807, 2.05) is 62.4 Å². The van der Waals surface area contributed by atoms with E-state index in [0.717, 1.165) is 5.56 Å². The highest BCUT2D eigenvalue weighted by atomic mass is 35.5. The Morgan fingerprint density at radius 3 is 2.12 bits per heavy atom. The fraction of sp³-hybridized carbons (Fsp3) is 0.381. The van der Waals surface area contributed by atoms with E-state index in [-0.39, 0.29) is 6.42 Å². The van der Waals surface area contributed by atoms with Crippen LogP contribution >= 0.6 is 11.6 Å². The molecule has 0 aliphatic carbocycles. The maximum Gasteiger partial charge on any atom is 0.321 e. The summed E-state index contributed by atoms with van der Waals surface area (Å²) in [6.07, 6.45) is -0.310. The molecule has 0 amide bonds. The normalized spacial score (nSPS) is 13.4. The van der Waals surface area contributed by atoms with Crippen LogP contribution < -0.4 is 0 Å². The molecule has 1 atom stereocenters. The van der Waals surface area contributed by atoms with Crippen molar-refractivity contribution in [3.8, 4) is 0 Å². The van der Waals surface area contributed by atoms with Crippen molar-refractivity contribution in [3.63, 3.8) is 0 Å². The Balaban J connectivity index is 2.68. The maximum atomic E-state index is 13.1. The van der Waals surface area contributed by atoms with Crippen LogP contribution in [0.15, 0.2) is 54.6 Å². The van der Waals surface area contributed by atoms with Crippen molar-refractivity contribution < 1.29 is 19.0 Å². The smallest absolute Gasteiger partial charge is 0.321 e. The molecule has 2 rings (SSSR count). The fourth-order valence-corrected chi connectivity index (χ4v) is 3.48. The van der Waals surface area contributed by atoms with Gasteiger partial charge in [-0.1, -0.05) is 60.1 Å². The molecule has 4 nitrogen and oxygen atoms in total. The molecule has 5 heteroatoms. The summed E-state index contributed by atoms with van der Waals surface area (Å²) in [5, 5.41) is 0.494. The minimum atomic E-state index is -1.14. The van der Waals surface area contributed by atoms with Crippen molar-refractivity contribution >= 4 is 17.6 Å². The number of methoxy groups -OCH3 is 1. The molecule has 1 unspecified atom stereocenters. The zero-order valence-corrected chi connectivity index (χ0v) is 16.2. The standard InChI is InChI=1S/C21H25ClO4/c1-4-25-19(26-5-2)15-21(20(23)24-3,16-11-7-6-8-12-16)17-13-9-10-14-18(17)22/h6-14,19H,4-5,15H2,1-3H3. The van der Waals surface area contributed by atoms with Crippen LogP contribution in [0, 0.1) is 0 Å². The first-order chi connectivity index (χ1) is 12.6. The van der Waals surface area contributed by atoms with Gasteiger partial charge in [0.2, 0.25) is 0 Å². The van der Waals surface area contributed by atoms with Crippen molar-refractivity contribution in [2.24, 2.45) is 0 Å². The molecular weight excluding hydrogens is 352 g/mol. The molecule has 0 fully saturated rings. The fourth-order valence-electron chi connectivity index (χ4n) is 3.19. The molecular formula is C21H25ClO4. The number of hydrogen-bond donors (Lipinski definition) is 0. The summed E-state index contributed by atoms with van der Waals surface area (Å²) >= 11 is 6.51. The average Bonchev–Trinajstić information content (AvgIpc) is 2.67. The first-order valence-electron chi connectivity index (χ1n) is 8.72. The van der Waals surface area contributed by atoms with Gasteiger partial charge in [-0.05, 0) is 31.0 Å². The molecule has 140 valence electrons. The lowest BCUT2D eigenvalue weighted by Crippen LogP contribution is -2.43. The number of carbonyl (C=O) groups is 1. The topological polar surface area (TPSA) is 44.8 Å². The number of carbonyl (C=O) groups excluding carboxylic acids is 1. The van der Waals surface area contributed by atoms with Gasteiger partial charge < -0.3 is 14.2 Å². The first-order valence-corrected chi connectivity index (χ1v) is 9.10. The lowest BCUT2D eigenvalue weighted by molar-refractivity contribution is -0.164. The molecule has 0 aliphatic rings. The summed E-state index contributed by atoms with van der Waals surface area (Å²) in [5.41, 5.74) is 0.317. The van der Waals surface area contributed by atoms with E-state index in [0.29, 0.717) is 23.8 Å². The Bertz CT molecular complexity index is 698. The second kappa shape index (κ2) is 9.72. The highest BCUT2D eigenvalue weighted by Crippen LogP contribution is 2.42. The molecule has 0 N–H and O–H groups in total. The van der Waals surface area contributed by atoms with Crippen LogP contribution in [0.25, 0.3) is 0 Å².